The molecule has 1 amide bonds. The van der Waals surface area contributed by atoms with Crippen LogP contribution < -0.4 is 0 Å². The zero-order chi connectivity index (χ0) is 20.5. The molecule has 0 bridgehead atoms. The van der Waals surface area contributed by atoms with E-state index in [0.717, 1.165) is 32.4 Å². The highest BCUT2D eigenvalue weighted by molar-refractivity contribution is 6.90. The maximum Gasteiger partial charge on any atom is 0.222 e. The second kappa shape index (κ2) is 11.2. The molecule has 1 atom stereocenters. The molecule has 0 saturated carbocycles. The van der Waals surface area contributed by atoms with Crippen molar-refractivity contribution in [2.24, 2.45) is 5.41 Å². The van der Waals surface area contributed by atoms with Crippen molar-refractivity contribution in [1.82, 2.24) is 4.90 Å². The molecular weight excluding hydrogens is 334 g/mol. The molecule has 0 aromatic heterocycles. The molecule has 0 aliphatic heterocycles. The van der Waals surface area contributed by atoms with E-state index >= 15 is 0 Å². The van der Waals surface area contributed by atoms with Crippen molar-refractivity contribution < 1.29 is 4.79 Å². The maximum absolute atomic E-state index is 12.5. The molecule has 0 aromatic carbocycles. The minimum atomic E-state index is -1.71. The van der Waals surface area contributed by atoms with Gasteiger partial charge in [0.1, 0.15) is 8.07 Å². The van der Waals surface area contributed by atoms with Crippen LogP contribution in [-0.4, -0.2) is 32.0 Å². The van der Waals surface area contributed by atoms with E-state index in [4.69, 9.17) is 0 Å². The van der Waals surface area contributed by atoms with Crippen molar-refractivity contribution in [2.45, 2.75) is 112 Å². The number of rotatable bonds is 10. The molecule has 0 aliphatic carbocycles. The summed E-state index contributed by atoms with van der Waals surface area (Å²) in [5, 5.41) is 0. The van der Waals surface area contributed by atoms with E-state index in [9.17, 15) is 4.79 Å². The highest BCUT2D eigenvalue weighted by Gasteiger charge is 2.42. The van der Waals surface area contributed by atoms with Gasteiger partial charge in [-0.25, -0.2) is 0 Å². The van der Waals surface area contributed by atoms with Crippen LogP contribution in [0.5, 0.6) is 0 Å². The first-order valence-electron chi connectivity index (χ1n) is 10.8. The standard InChI is InChI=1S/C23H45NOSi/c1-11-15-23(10,16-14-22(25)24(12-2)13-3)17-18-26(19(4)5,20(6)7)21(8)9/h19-21H,11-16H2,1-10H3/t23-/m0/s1. The Hall–Kier alpha value is -0.753. The number of carbonyl (C=O) groups excluding carboxylic acids is 1. The summed E-state index contributed by atoms with van der Waals surface area (Å²) in [6.07, 6.45) is 3.68. The number of hydrogen-bond donors (Lipinski definition) is 0. The number of amides is 1. The Bertz CT molecular complexity index is 460. The quantitative estimate of drug-likeness (QED) is 0.307. The zero-order valence-corrected chi connectivity index (χ0v) is 20.3. The van der Waals surface area contributed by atoms with Crippen molar-refractivity contribution >= 4 is 14.0 Å². The summed E-state index contributed by atoms with van der Waals surface area (Å²) in [5.41, 5.74) is 5.81. The van der Waals surface area contributed by atoms with Crippen LogP contribution in [0.4, 0.5) is 0 Å². The van der Waals surface area contributed by atoms with Crippen molar-refractivity contribution in [3.63, 3.8) is 0 Å². The summed E-state index contributed by atoms with van der Waals surface area (Å²) < 4.78 is 0. The Kier molecular flexibility index (Phi) is 10.8. The molecular formula is C23H45NOSi. The molecule has 0 saturated heterocycles. The number of carbonyl (C=O) groups is 1. The van der Waals surface area contributed by atoms with Gasteiger partial charge in [0.2, 0.25) is 5.91 Å². The van der Waals surface area contributed by atoms with Gasteiger partial charge < -0.3 is 4.90 Å². The molecule has 152 valence electrons. The van der Waals surface area contributed by atoms with E-state index in [1.807, 2.05) is 4.90 Å². The lowest BCUT2D eigenvalue weighted by Gasteiger charge is -2.38. The van der Waals surface area contributed by atoms with E-state index in [2.05, 4.69) is 80.7 Å². The first-order valence-corrected chi connectivity index (χ1v) is 13.1. The van der Waals surface area contributed by atoms with Gasteiger partial charge in [-0.1, -0.05) is 54.9 Å². The van der Waals surface area contributed by atoms with Gasteiger partial charge >= 0.3 is 0 Å². The van der Waals surface area contributed by atoms with Gasteiger partial charge in [0.25, 0.3) is 0 Å². The van der Waals surface area contributed by atoms with E-state index in [-0.39, 0.29) is 11.3 Å². The van der Waals surface area contributed by atoms with Gasteiger partial charge in [-0.2, -0.15) is 0 Å². The molecule has 26 heavy (non-hydrogen) atoms. The Labute approximate surface area is 165 Å². The molecule has 0 unspecified atom stereocenters. The summed E-state index contributed by atoms with van der Waals surface area (Å²) in [6.45, 7) is 24.4. The highest BCUT2D eigenvalue weighted by atomic mass is 28.3. The van der Waals surface area contributed by atoms with Crippen LogP contribution in [0.1, 0.15) is 94.9 Å². The SMILES string of the molecule is CCC[C@](C)(C#C[Si](C(C)C)(C(C)C)C(C)C)CCC(=O)N(CC)CC. The largest absolute Gasteiger partial charge is 0.343 e. The minimum Gasteiger partial charge on any atom is -0.343 e. The molecule has 0 spiro atoms. The number of hydrogen-bond acceptors (Lipinski definition) is 1. The fraction of sp³-hybridized carbons (Fsp3) is 0.870. The Morgan fingerprint density at radius 2 is 1.38 bits per heavy atom. The van der Waals surface area contributed by atoms with Gasteiger partial charge in [0.15, 0.2) is 0 Å². The summed E-state index contributed by atoms with van der Waals surface area (Å²) in [4.78, 5) is 14.4. The monoisotopic (exact) mass is 379 g/mol. The summed E-state index contributed by atoms with van der Waals surface area (Å²) in [7, 11) is -1.71. The van der Waals surface area contributed by atoms with Gasteiger partial charge in [-0.15, -0.1) is 11.5 Å². The third-order valence-corrected chi connectivity index (χ3v) is 12.5. The lowest BCUT2D eigenvalue weighted by Crippen LogP contribution is -2.43. The van der Waals surface area contributed by atoms with Crippen molar-refractivity contribution in [3.8, 4) is 11.5 Å². The van der Waals surface area contributed by atoms with Crippen molar-refractivity contribution in [3.05, 3.63) is 0 Å². The predicted octanol–water partition coefficient (Wildman–Crippen LogP) is 6.66. The average Bonchev–Trinajstić information content (AvgIpc) is 2.54. The molecule has 0 fully saturated rings. The topological polar surface area (TPSA) is 20.3 Å². The minimum absolute atomic E-state index is 0.0471. The van der Waals surface area contributed by atoms with Gasteiger partial charge in [0, 0.05) is 24.9 Å². The molecule has 0 aromatic rings. The summed E-state index contributed by atoms with van der Waals surface area (Å²) in [5.74, 6) is 4.03. The van der Waals surface area contributed by atoms with Crippen LogP contribution in [0.2, 0.25) is 16.6 Å². The second-order valence-corrected chi connectivity index (χ2v) is 14.6. The van der Waals surface area contributed by atoms with Crippen LogP contribution in [0.3, 0.4) is 0 Å². The first kappa shape index (κ1) is 25.2. The number of nitrogens with zero attached hydrogens (tertiary/aromatic N) is 1. The smallest absolute Gasteiger partial charge is 0.222 e. The van der Waals surface area contributed by atoms with Gasteiger partial charge in [-0.05, 0) is 50.2 Å². The van der Waals surface area contributed by atoms with Crippen molar-refractivity contribution in [2.75, 3.05) is 13.1 Å². The Morgan fingerprint density at radius 1 is 0.923 bits per heavy atom. The lowest BCUT2D eigenvalue weighted by molar-refractivity contribution is -0.131. The average molecular weight is 380 g/mol. The fourth-order valence-corrected chi connectivity index (χ4v) is 10.00. The van der Waals surface area contributed by atoms with Crippen LogP contribution in [-0.2, 0) is 4.79 Å². The highest BCUT2D eigenvalue weighted by Crippen LogP contribution is 2.41. The molecule has 0 aliphatic rings. The van der Waals surface area contributed by atoms with E-state index in [1.165, 1.54) is 0 Å². The fourth-order valence-electron chi connectivity index (χ4n) is 4.61. The van der Waals surface area contributed by atoms with Crippen LogP contribution in [0.15, 0.2) is 0 Å². The second-order valence-electron chi connectivity index (χ2n) is 9.02. The molecule has 0 N–H and O–H groups in total. The lowest BCUT2D eigenvalue weighted by atomic mass is 9.82. The molecule has 0 radical (unpaired) electrons. The van der Waals surface area contributed by atoms with Gasteiger partial charge in [-0.3, -0.25) is 4.79 Å². The van der Waals surface area contributed by atoms with Crippen LogP contribution in [0.25, 0.3) is 0 Å². The molecule has 0 heterocycles. The van der Waals surface area contributed by atoms with E-state index in [0.29, 0.717) is 23.0 Å². The van der Waals surface area contributed by atoms with E-state index < -0.39 is 8.07 Å². The predicted molar refractivity (Wildman–Crippen MR) is 119 cm³/mol. The van der Waals surface area contributed by atoms with E-state index in [1.54, 1.807) is 0 Å². The van der Waals surface area contributed by atoms with Crippen LogP contribution >= 0.6 is 0 Å². The maximum atomic E-state index is 12.5. The summed E-state index contributed by atoms with van der Waals surface area (Å²) in [6, 6.07) is 0. The third kappa shape index (κ3) is 6.45. The Balaban J connectivity index is 5.61. The zero-order valence-electron chi connectivity index (χ0n) is 19.3. The van der Waals surface area contributed by atoms with Gasteiger partial charge in [0.05, 0.1) is 0 Å². The molecule has 0 rings (SSSR count). The normalized spacial score (nSPS) is 14.3. The third-order valence-electron chi connectivity index (χ3n) is 6.26. The van der Waals surface area contributed by atoms with Crippen molar-refractivity contribution in [1.29, 1.82) is 0 Å². The molecule has 2 nitrogen and oxygen atoms in total. The Morgan fingerprint density at radius 3 is 1.73 bits per heavy atom. The summed E-state index contributed by atoms with van der Waals surface area (Å²) >= 11 is 0. The molecule has 3 heteroatoms. The van der Waals surface area contributed by atoms with Crippen LogP contribution in [0, 0.1) is 16.9 Å². The first-order chi connectivity index (χ1) is 12.0.